The van der Waals surface area contributed by atoms with Crippen molar-refractivity contribution in [2.75, 3.05) is 13.1 Å². The molecule has 1 aliphatic rings. The van der Waals surface area contributed by atoms with Crippen molar-refractivity contribution in [2.45, 2.75) is 25.8 Å². The Morgan fingerprint density at radius 1 is 1.67 bits per heavy atom. The van der Waals surface area contributed by atoms with Gasteiger partial charge in [-0.1, -0.05) is 0 Å². The van der Waals surface area contributed by atoms with Crippen LogP contribution in [0.1, 0.15) is 16.3 Å². The highest BCUT2D eigenvalue weighted by atomic mass is 32.1. The zero-order valence-corrected chi connectivity index (χ0v) is 11.0. The first-order valence-electron chi connectivity index (χ1n) is 5.79. The number of nitrogens with one attached hydrogen (secondary N) is 1. The molecule has 0 bridgehead atoms. The highest BCUT2D eigenvalue weighted by Crippen LogP contribution is 2.15. The van der Waals surface area contributed by atoms with Gasteiger partial charge in [-0.3, -0.25) is 4.79 Å². The summed E-state index contributed by atoms with van der Waals surface area (Å²) in [5.41, 5.74) is 5.06. The molecule has 0 spiro atoms. The van der Waals surface area contributed by atoms with Gasteiger partial charge in [0.1, 0.15) is 5.01 Å². The molecule has 0 aliphatic carbocycles. The summed E-state index contributed by atoms with van der Waals surface area (Å²) in [6.45, 7) is 3.16. The molecule has 1 aromatic rings. The Bertz CT molecular complexity index is 460. The van der Waals surface area contributed by atoms with Crippen molar-refractivity contribution in [3.8, 4) is 0 Å². The maximum Gasteiger partial charge on any atom is 0.312 e. The minimum absolute atomic E-state index is 0.0236. The third-order valence-electron chi connectivity index (χ3n) is 2.86. The SMILES string of the molecule is Cc1cnc(CC(=O)N2CCC(NC(N)=O)C2)s1. The van der Waals surface area contributed by atoms with E-state index in [9.17, 15) is 9.59 Å². The number of aromatic nitrogens is 1. The number of likely N-dealkylation sites (tertiary alicyclic amines) is 1. The number of thiazole rings is 1. The summed E-state index contributed by atoms with van der Waals surface area (Å²) >= 11 is 1.54. The third-order valence-corrected chi connectivity index (χ3v) is 3.77. The number of nitrogens with two attached hydrogens (primary N) is 1. The molecular weight excluding hydrogens is 252 g/mol. The third kappa shape index (κ3) is 3.19. The minimum Gasteiger partial charge on any atom is -0.352 e. The minimum atomic E-state index is -0.537. The Labute approximate surface area is 109 Å². The van der Waals surface area contributed by atoms with Crippen molar-refractivity contribution in [1.29, 1.82) is 0 Å². The molecule has 2 rings (SSSR count). The van der Waals surface area contributed by atoms with E-state index in [1.165, 1.54) is 11.3 Å². The molecule has 1 aliphatic heterocycles. The Morgan fingerprint density at radius 2 is 2.44 bits per heavy atom. The largest absolute Gasteiger partial charge is 0.352 e. The van der Waals surface area contributed by atoms with Gasteiger partial charge in [0.15, 0.2) is 0 Å². The molecule has 2 heterocycles. The van der Waals surface area contributed by atoms with Crippen LogP contribution in [0.2, 0.25) is 0 Å². The summed E-state index contributed by atoms with van der Waals surface area (Å²) in [6.07, 6.45) is 2.86. The molecule has 18 heavy (non-hydrogen) atoms. The number of aryl methyl sites for hydroxylation is 1. The van der Waals surface area contributed by atoms with E-state index in [0.717, 1.165) is 16.3 Å². The Hall–Kier alpha value is -1.63. The van der Waals surface area contributed by atoms with Crippen LogP contribution in [-0.2, 0) is 11.2 Å². The molecule has 1 atom stereocenters. The average molecular weight is 268 g/mol. The predicted octanol–water partition coefficient (Wildman–Crippen LogP) is 0.263. The van der Waals surface area contributed by atoms with Crippen LogP contribution in [0.25, 0.3) is 0 Å². The summed E-state index contributed by atoms with van der Waals surface area (Å²) < 4.78 is 0. The number of hydrogen-bond donors (Lipinski definition) is 2. The fourth-order valence-corrected chi connectivity index (χ4v) is 2.81. The van der Waals surface area contributed by atoms with Crippen LogP contribution >= 0.6 is 11.3 Å². The number of carbonyl (C=O) groups excluding carboxylic acids is 2. The van der Waals surface area contributed by atoms with Crippen LogP contribution < -0.4 is 11.1 Å². The van der Waals surface area contributed by atoms with Crippen LogP contribution in [0.5, 0.6) is 0 Å². The first kappa shape index (κ1) is 12.8. The van der Waals surface area contributed by atoms with E-state index in [2.05, 4.69) is 10.3 Å². The van der Waals surface area contributed by atoms with E-state index in [1.54, 1.807) is 11.1 Å². The zero-order chi connectivity index (χ0) is 13.1. The van der Waals surface area contributed by atoms with Crippen LogP contribution in [0, 0.1) is 6.92 Å². The molecule has 0 saturated carbocycles. The van der Waals surface area contributed by atoms with E-state index < -0.39 is 6.03 Å². The summed E-state index contributed by atoms with van der Waals surface area (Å²) in [5.74, 6) is 0.0538. The first-order valence-corrected chi connectivity index (χ1v) is 6.61. The van der Waals surface area contributed by atoms with Crippen LogP contribution in [0.3, 0.4) is 0 Å². The van der Waals surface area contributed by atoms with Gasteiger partial charge in [-0.2, -0.15) is 0 Å². The van der Waals surface area contributed by atoms with Gasteiger partial charge in [0.2, 0.25) is 5.91 Å². The second kappa shape index (κ2) is 5.34. The summed E-state index contributed by atoms with van der Waals surface area (Å²) in [5, 5.41) is 3.46. The Kier molecular flexibility index (Phi) is 3.81. The summed E-state index contributed by atoms with van der Waals surface area (Å²) in [6, 6.07) is -0.561. The zero-order valence-electron chi connectivity index (χ0n) is 10.2. The number of nitrogens with zero attached hydrogens (tertiary/aromatic N) is 2. The summed E-state index contributed by atoms with van der Waals surface area (Å²) in [4.78, 5) is 29.8. The van der Waals surface area contributed by atoms with Crippen molar-refractivity contribution in [2.24, 2.45) is 5.73 Å². The number of rotatable bonds is 3. The van der Waals surface area contributed by atoms with E-state index in [-0.39, 0.29) is 11.9 Å². The monoisotopic (exact) mass is 268 g/mol. The fraction of sp³-hybridized carbons (Fsp3) is 0.545. The molecule has 0 radical (unpaired) electrons. The molecule has 6 nitrogen and oxygen atoms in total. The molecular formula is C11H16N4O2S. The topological polar surface area (TPSA) is 88.3 Å². The second-order valence-corrected chi connectivity index (χ2v) is 5.69. The van der Waals surface area contributed by atoms with Gasteiger partial charge >= 0.3 is 6.03 Å². The highest BCUT2D eigenvalue weighted by molar-refractivity contribution is 7.11. The fourth-order valence-electron chi connectivity index (χ4n) is 2.03. The van der Waals surface area contributed by atoms with Crippen molar-refractivity contribution in [3.63, 3.8) is 0 Å². The van der Waals surface area contributed by atoms with Crippen LogP contribution in [0.15, 0.2) is 6.20 Å². The smallest absolute Gasteiger partial charge is 0.312 e. The average Bonchev–Trinajstić information content (AvgIpc) is 2.87. The summed E-state index contributed by atoms with van der Waals surface area (Å²) in [7, 11) is 0. The molecule has 1 aromatic heterocycles. The van der Waals surface area contributed by atoms with Crippen LogP contribution in [0.4, 0.5) is 4.79 Å². The van der Waals surface area contributed by atoms with Gasteiger partial charge < -0.3 is 16.0 Å². The number of carbonyl (C=O) groups is 2. The van der Waals surface area contributed by atoms with Crippen molar-refractivity contribution in [3.05, 3.63) is 16.1 Å². The van der Waals surface area contributed by atoms with Gasteiger partial charge in [0.05, 0.1) is 6.42 Å². The van der Waals surface area contributed by atoms with E-state index in [1.807, 2.05) is 6.92 Å². The van der Waals surface area contributed by atoms with Crippen molar-refractivity contribution < 1.29 is 9.59 Å². The Balaban J connectivity index is 1.85. The normalized spacial score (nSPS) is 18.9. The van der Waals surface area contributed by atoms with Crippen LogP contribution in [-0.4, -0.2) is 41.0 Å². The molecule has 1 unspecified atom stereocenters. The van der Waals surface area contributed by atoms with Gasteiger partial charge in [-0.05, 0) is 13.3 Å². The maximum atomic E-state index is 12.0. The number of urea groups is 1. The van der Waals surface area contributed by atoms with Crippen molar-refractivity contribution >= 4 is 23.3 Å². The van der Waals surface area contributed by atoms with E-state index in [4.69, 9.17) is 5.73 Å². The molecule has 1 fully saturated rings. The van der Waals surface area contributed by atoms with Gasteiger partial charge in [0.25, 0.3) is 0 Å². The molecule has 7 heteroatoms. The lowest BCUT2D eigenvalue weighted by molar-refractivity contribution is -0.129. The molecule has 0 aromatic carbocycles. The predicted molar refractivity (Wildman–Crippen MR) is 68.3 cm³/mol. The molecule has 1 saturated heterocycles. The van der Waals surface area contributed by atoms with E-state index >= 15 is 0 Å². The Morgan fingerprint density at radius 3 is 3.06 bits per heavy atom. The van der Waals surface area contributed by atoms with Gasteiger partial charge in [0, 0.05) is 30.2 Å². The number of amides is 3. The lowest BCUT2D eigenvalue weighted by atomic mass is 10.3. The number of primary amides is 1. The lowest BCUT2D eigenvalue weighted by Gasteiger charge is -2.15. The molecule has 3 N–H and O–H groups in total. The molecule has 98 valence electrons. The van der Waals surface area contributed by atoms with Gasteiger partial charge in [-0.15, -0.1) is 11.3 Å². The quantitative estimate of drug-likeness (QED) is 0.824. The van der Waals surface area contributed by atoms with E-state index in [0.29, 0.717) is 19.5 Å². The van der Waals surface area contributed by atoms with Gasteiger partial charge in [-0.25, -0.2) is 9.78 Å². The second-order valence-electron chi connectivity index (χ2n) is 4.38. The maximum absolute atomic E-state index is 12.0. The van der Waals surface area contributed by atoms with Crippen molar-refractivity contribution in [1.82, 2.24) is 15.2 Å². The molecule has 3 amide bonds. The standard InChI is InChI=1S/C11H16N4O2S/c1-7-5-13-9(18-7)4-10(16)15-3-2-8(6-15)14-11(12)17/h5,8H,2-4,6H2,1H3,(H3,12,14,17). The number of hydrogen-bond acceptors (Lipinski definition) is 4. The first-order chi connectivity index (χ1) is 8.54. The lowest BCUT2D eigenvalue weighted by Crippen LogP contribution is -2.41. The highest BCUT2D eigenvalue weighted by Gasteiger charge is 2.27.